The maximum Gasteiger partial charge on any atom is 0.227 e. The van der Waals surface area contributed by atoms with Crippen LogP contribution in [0.2, 0.25) is 0 Å². The van der Waals surface area contributed by atoms with E-state index in [4.69, 9.17) is 13.8 Å². The van der Waals surface area contributed by atoms with Crippen LogP contribution in [0.5, 0.6) is 0 Å². The van der Waals surface area contributed by atoms with Crippen LogP contribution >= 0.6 is 0 Å². The molecule has 2 heterocycles. The fourth-order valence-corrected chi connectivity index (χ4v) is 8.10. The summed E-state index contributed by atoms with van der Waals surface area (Å²) >= 11 is 0. The molecule has 0 saturated heterocycles. The van der Waals surface area contributed by atoms with E-state index in [2.05, 4.69) is 175 Å². The number of nitrogens with zero attached hydrogens (tertiary/aromatic N) is 2. The first-order chi connectivity index (χ1) is 28.2. The molecule has 4 heteroatoms. The molecule has 0 aliphatic heterocycles. The first kappa shape index (κ1) is 32.7. The monoisotopic (exact) mass is 730 g/mol. The zero-order valence-electron chi connectivity index (χ0n) is 30.8. The SMILES string of the molecule is c1ccc(-c2nc3cc4oc5c(-c6ccc(N(c7ccccc7)c7ccc(-c8ccccc8)c(-c8ccc9ccccc9c8)c7)cc6)cccc5c4cc3o2)cc1. The first-order valence-corrected chi connectivity index (χ1v) is 19.2. The lowest BCUT2D eigenvalue weighted by atomic mass is 9.92. The molecule has 0 atom stereocenters. The molecule has 0 spiro atoms. The van der Waals surface area contributed by atoms with Gasteiger partial charge in [0.15, 0.2) is 5.58 Å². The Balaban J connectivity index is 1.00. The molecule has 0 aliphatic carbocycles. The number of rotatable bonds is 7. The van der Waals surface area contributed by atoms with Crippen LogP contribution in [0.25, 0.3) is 88.6 Å². The van der Waals surface area contributed by atoms with Crippen LogP contribution in [-0.4, -0.2) is 4.98 Å². The van der Waals surface area contributed by atoms with E-state index in [1.54, 1.807) is 0 Å². The molecule has 0 aliphatic rings. The summed E-state index contributed by atoms with van der Waals surface area (Å²) in [6, 6.07) is 72.5. The third-order valence-electron chi connectivity index (χ3n) is 10.9. The van der Waals surface area contributed by atoms with Crippen molar-refractivity contribution in [2.45, 2.75) is 0 Å². The molecular weight excluding hydrogens is 697 g/mol. The Bertz CT molecular complexity index is 3220. The Kier molecular flexibility index (Phi) is 7.78. The van der Waals surface area contributed by atoms with Gasteiger partial charge in [-0.25, -0.2) is 4.98 Å². The Morgan fingerprint density at radius 3 is 1.79 bits per heavy atom. The van der Waals surface area contributed by atoms with Crippen LogP contribution < -0.4 is 4.90 Å². The topological polar surface area (TPSA) is 42.4 Å². The molecule has 4 nitrogen and oxygen atoms in total. The van der Waals surface area contributed by atoms with Crippen molar-refractivity contribution in [3.05, 3.63) is 206 Å². The Hall–Kier alpha value is -7.69. The maximum absolute atomic E-state index is 6.61. The van der Waals surface area contributed by atoms with Gasteiger partial charge in [0.05, 0.1) is 0 Å². The number of benzene rings is 9. The van der Waals surface area contributed by atoms with Gasteiger partial charge in [0, 0.05) is 45.0 Å². The second kappa shape index (κ2) is 13.6. The van der Waals surface area contributed by atoms with Gasteiger partial charge in [0.1, 0.15) is 16.7 Å². The normalized spacial score (nSPS) is 11.5. The fraction of sp³-hybridized carbons (Fsp3) is 0. The molecule has 268 valence electrons. The zero-order chi connectivity index (χ0) is 37.7. The zero-order valence-corrected chi connectivity index (χ0v) is 30.8. The van der Waals surface area contributed by atoms with Crippen LogP contribution in [0.3, 0.4) is 0 Å². The number of hydrogen-bond donors (Lipinski definition) is 0. The number of fused-ring (bicyclic) bond motifs is 5. The van der Waals surface area contributed by atoms with Crippen molar-refractivity contribution in [3.8, 4) is 44.8 Å². The van der Waals surface area contributed by atoms with Crippen LogP contribution in [0.1, 0.15) is 0 Å². The third-order valence-corrected chi connectivity index (χ3v) is 10.9. The average molecular weight is 731 g/mol. The van der Waals surface area contributed by atoms with Crippen molar-refractivity contribution in [3.63, 3.8) is 0 Å². The van der Waals surface area contributed by atoms with E-state index in [1.807, 2.05) is 36.4 Å². The van der Waals surface area contributed by atoms with E-state index >= 15 is 0 Å². The Morgan fingerprint density at radius 1 is 0.351 bits per heavy atom. The second-order valence-corrected chi connectivity index (χ2v) is 14.4. The largest absolute Gasteiger partial charge is 0.455 e. The minimum absolute atomic E-state index is 0.602. The van der Waals surface area contributed by atoms with Gasteiger partial charge in [-0.05, 0) is 99.3 Å². The highest BCUT2D eigenvalue weighted by atomic mass is 16.4. The summed E-state index contributed by atoms with van der Waals surface area (Å²) in [5.74, 6) is 0.602. The van der Waals surface area contributed by atoms with Gasteiger partial charge in [-0.15, -0.1) is 0 Å². The molecule has 0 unspecified atom stereocenters. The lowest BCUT2D eigenvalue weighted by Gasteiger charge is -2.27. The number of aromatic nitrogens is 1. The van der Waals surface area contributed by atoms with Gasteiger partial charge < -0.3 is 13.7 Å². The van der Waals surface area contributed by atoms with Crippen LogP contribution in [0, 0.1) is 0 Å². The summed E-state index contributed by atoms with van der Waals surface area (Å²) in [5, 5.41) is 4.49. The summed E-state index contributed by atoms with van der Waals surface area (Å²) in [7, 11) is 0. The predicted molar refractivity (Wildman–Crippen MR) is 235 cm³/mol. The Morgan fingerprint density at radius 2 is 1.00 bits per heavy atom. The standard InChI is InChI=1S/C53H34N2O2/c1-4-14-36(15-5-1)44-30-29-43(32-47(44)40-24-23-35-13-10-11-18-39(35)31-40)55(41-19-8-3-9-20-41)42-27-25-37(26-28-42)45-21-12-22-46-48-33-51-49(34-50(48)56-52(45)46)54-53(57-51)38-16-6-2-7-17-38/h1-34H. The molecule has 0 saturated carbocycles. The summed E-state index contributed by atoms with van der Waals surface area (Å²) in [6.45, 7) is 0. The van der Waals surface area contributed by atoms with E-state index in [1.165, 1.54) is 33.0 Å². The van der Waals surface area contributed by atoms with Crippen molar-refractivity contribution in [1.82, 2.24) is 4.98 Å². The van der Waals surface area contributed by atoms with Gasteiger partial charge in [0.25, 0.3) is 0 Å². The third kappa shape index (κ3) is 5.83. The molecule has 11 aromatic rings. The molecule has 0 radical (unpaired) electrons. The molecule has 0 bridgehead atoms. The van der Waals surface area contributed by atoms with Crippen LogP contribution in [-0.2, 0) is 0 Å². The first-order valence-electron chi connectivity index (χ1n) is 19.2. The number of oxazole rings is 1. The Labute approximate surface area is 329 Å². The minimum atomic E-state index is 0.602. The summed E-state index contributed by atoms with van der Waals surface area (Å²) < 4.78 is 12.8. The molecule has 2 aromatic heterocycles. The molecular formula is C53H34N2O2. The maximum atomic E-state index is 6.61. The average Bonchev–Trinajstić information content (AvgIpc) is 3.87. The lowest BCUT2D eigenvalue weighted by Crippen LogP contribution is -2.10. The van der Waals surface area contributed by atoms with Gasteiger partial charge in [-0.1, -0.05) is 140 Å². The predicted octanol–water partition coefficient (Wildman–Crippen LogP) is 15.0. The molecule has 11 rings (SSSR count). The number of para-hydroxylation sites is 2. The van der Waals surface area contributed by atoms with E-state index in [0.29, 0.717) is 5.89 Å². The van der Waals surface area contributed by atoms with Gasteiger partial charge in [0.2, 0.25) is 5.89 Å². The lowest BCUT2D eigenvalue weighted by molar-refractivity contribution is 0.620. The molecule has 0 amide bonds. The van der Waals surface area contributed by atoms with E-state index in [0.717, 1.165) is 66.8 Å². The van der Waals surface area contributed by atoms with E-state index in [-0.39, 0.29) is 0 Å². The van der Waals surface area contributed by atoms with E-state index < -0.39 is 0 Å². The van der Waals surface area contributed by atoms with Gasteiger partial charge in [-0.2, -0.15) is 0 Å². The van der Waals surface area contributed by atoms with Crippen molar-refractivity contribution >= 4 is 60.9 Å². The highest BCUT2D eigenvalue weighted by Gasteiger charge is 2.19. The molecule has 0 N–H and O–H groups in total. The van der Waals surface area contributed by atoms with Crippen molar-refractivity contribution in [2.75, 3.05) is 4.90 Å². The number of anilines is 3. The summed E-state index contributed by atoms with van der Waals surface area (Å²) in [5.41, 5.74) is 14.1. The summed E-state index contributed by atoms with van der Waals surface area (Å²) in [4.78, 5) is 7.11. The highest BCUT2D eigenvalue weighted by Crippen LogP contribution is 2.43. The second-order valence-electron chi connectivity index (χ2n) is 14.4. The molecule has 0 fully saturated rings. The van der Waals surface area contributed by atoms with Crippen molar-refractivity contribution in [2.24, 2.45) is 0 Å². The summed E-state index contributed by atoms with van der Waals surface area (Å²) in [6.07, 6.45) is 0. The van der Waals surface area contributed by atoms with Gasteiger partial charge >= 0.3 is 0 Å². The molecule has 57 heavy (non-hydrogen) atoms. The van der Waals surface area contributed by atoms with Crippen molar-refractivity contribution in [1.29, 1.82) is 0 Å². The van der Waals surface area contributed by atoms with E-state index in [9.17, 15) is 0 Å². The minimum Gasteiger partial charge on any atom is -0.455 e. The fourth-order valence-electron chi connectivity index (χ4n) is 8.10. The highest BCUT2D eigenvalue weighted by molar-refractivity contribution is 6.12. The molecule has 9 aromatic carbocycles. The smallest absolute Gasteiger partial charge is 0.227 e. The number of furan rings is 1. The quantitative estimate of drug-likeness (QED) is 0.164. The van der Waals surface area contributed by atoms with Crippen molar-refractivity contribution < 1.29 is 8.83 Å². The van der Waals surface area contributed by atoms with Gasteiger partial charge in [-0.3, -0.25) is 0 Å². The van der Waals surface area contributed by atoms with Crippen LogP contribution in [0.4, 0.5) is 17.1 Å². The van der Waals surface area contributed by atoms with Crippen LogP contribution in [0.15, 0.2) is 215 Å². The number of hydrogen-bond acceptors (Lipinski definition) is 4.